The van der Waals surface area contributed by atoms with Gasteiger partial charge in [-0.2, -0.15) is 5.10 Å². The third-order valence-corrected chi connectivity index (χ3v) is 3.78. The number of nitrogens with zero attached hydrogens (tertiary/aromatic N) is 3. The van der Waals surface area contributed by atoms with E-state index in [0.29, 0.717) is 12.1 Å². The molecule has 4 nitrogen and oxygen atoms in total. The Morgan fingerprint density at radius 1 is 1.44 bits per heavy atom. The van der Waals surface area contributed by atoms with E-state index in [1.807, 2.05) is 10.9 Å². The van der Waals surface area contributed by atoms with Gasteiger partial charge in [-0.15, -0.1) is 0 Å². The molecule has 1 aromatic rings. The van der Waals surface area contributed by atoms with Crippen molar-refractivity contribution in [3.63, 3.8) is 0 Å². The molecular formula is C14H26N4. The minimum absolute atomic E-state index is 0.450. The van der Waals surface area contributed by atoms with E-state index < -0.39 is 0 Å². The zero-order valence-corrected chi connectivity index (χ0v) is 11.9. The molecule has 0 aliphatic carbocycles. The van der Waals surface area contributed by atoms with E-state index in [4.69, 9.17) is 0 Å². The minimum atomic E-state index is 0.450. The first-order valence-electron chi connectivity index (χ1n) is 7.11. The number of aromatic nitrogens is 2. The second kappa shape index (κ2) is 6.34. The molecule has 4 heteroatoms. The van der Waals surface area contributed by atoms with Crippen molar-refractivity contribution in [3.8, 4) is 0 Å². The van der Waals surface area contributed by atoms with Gasteiger partial charge in [0.2, 0.25) is 0 Å². The molecule has 2 rings (SSSR count). The molecule has 1 aromatic heterocycles. The van der Waals surface area contributed by atoms with Crippen molar-refractivity contribution in [2.75, 3.05) is 20.1 Å². The summed E-state index contributed by atoms with van der Waals surface area (Å²) in [6.45, 7) is 7.67. The number of rotatable bonds is 4. The Labute approximate surface area is 110 Å². The van der Waals surface area contributed by atoms with Gasteiger partial charge in [-0.1, -0.05) is 0 Å². The molecule has 0 radical (unpaired) electrons. The van der Waals surface area contributed by atoms with Crippen LogP contribution in [0.1, 0.15) is 44.7 Å². The smallest absolute Gasteiger partial charge is 0.0534 e. The highest BCUT2D eigenvalue weighted by Gasteiger charge is 2.17. The summed E-state index contributed by atoms with van der Waals surface area (Å²) < 4.78 is 2.04. The average molecular weight is 250 g/mol. The molecule has 0 aromatic carbocycles. The van der Waals surface area contributed by atoms with Gasteiger partial charge in [-0.05, 0) is 53.2 Å². The lowest BCUT2D eigenvalue weighted by molar-refractivity contribution is 0.216. The van der Waals surface area contributed by atoms with Gasteiger partial charge in [0.15, 0.2) is 0 Å². The Kier molecular flexibility index (Phi) is 4.78. The van der Waals surface area contributed by atoms with Crippen molar-refractivity contribution in [3.05, 3.63) is 18.0 Å². The molecule has 0 spiro atoms. The van der Waals surface area contributed by atoms with Crippen molar-refractivity contribution in [2.45, 2.75) is 51.7 Å². The van der Waals surface area contributed by atoms with Crippen LogP contribution in [0.3, 0.4) is 0 Å². The summed E-state index contributed by atoms with van der Waals surface area (Å²) >= 11 is 0. The Bertz CT molecular complexity index is 350. The molecule has 1 aliphatic rings. The number of nitrogens with one attached hydrogen (secondary N) is 1. The third-order valence-electron chi connectivity index (χ3n) is 3.78. The van der Waals surface area contributed by atoms with E-state index in [2.05, 4.69) is 42.4 Å². The average Bonchev–Trinajstić information content (AvgIpc) is 2.64. The lowest BCUT2D eigenvalue weighted by Crippen LogP contribution is -2.31. The second-order valence-electron chi connectivity index (χ2n) is 5.67. The number of hydrogen-bond acceptors (Lipinski definition) is 3. The maximum absolute atomic E-state index is 4.41. The van der Waals surface area contributed by atoms with Crippen LogP contribution in [0.2, 0.25) is 0 Å². The van der Waals surface area contributed by atoms with Crippen LogP contribution in [0.15, 0.2) is 12.4 Å². The Hall–Kier alpha value is -0.870. The maximum atomic E-state index is 4.41. The van der Waals surface area contributed by atoms with E-state index in [1.165, 1.54) is 31.4 Å². The molecule has 1 N–H and O–H groups in total. The van der Waals surface area contributed by atoms with E-state index >= 15 is 0 Å². The zero-order chi connectivity index (χ0) is 13.0. The summed E-state index contributed by atoms with van der Waals surface area (Å²) in [6.07, 6.45) is 8.04. The highest BCUT2D eigenvalue weighted by Crippen LogP contribution is 2.15. The van der Waals surface area contributed by atoms with Crippen LogP contribution in [0.5, 0.6) is 0 Å². The summed E-state index contributed by atoms with van der Waals surface area (Å²) in [4.78, 5) is 2.48. The van der Waals surface area contributed by atoms with Crippen LogP contribution in [-0.4, -0.2) is 40.9 Å². The first-order chi connectivity index (χ1) is 8.66. The fraction of sp³-hybridized carbons (Fsp3) is 0.786. The van der Waals surface area contributed by atoms with Crippen LogP contribution in [0.25, 0.3) is 0 Å². The molecular weight excluding hydrogens is 224 g/mol. The molecule has 0 amide bonds. The van der Waals surface area contributed by atoms with Crippen LogP contribution >= 0.6 is 0 Å². The van der Waals surface area contributed by atoms with Gasteiger partial charge in [0.1, 0.15) is 0 Å². The summed E-state index contributed by atoms with van der Waals surface area (Å²) in [5.74, 6) is 0. The minimum Gasteiger partial charge on any atom is -0.317 e. The molecule has 1 fully saturated rings. The normalized spacial score (nSPS) is 21.5. The van der Waals surface area contributed by atoms with Crippen molar-refractivity contribution >= 4 is 0 Å². The quantitative estimate of drug-likeness (QED) is 0.887. The Balaban J connectivity index is 1.90. The SMILES string of the molecule is CC(C)n1cc(CN(C)C2CCCNCC2)cn1. The topological polar surface area (TPSA) is 33.1 Å². The molecule has 1 aliphatic heterocycles. The fourth-order valence-electron chi connectivity index (χ4n) is 2.60. The summed E-state index contributed by atoms with van der Waals surface area (Å²) in [6, 6.07) is 1.16. The highest BCUT2D eigenvalue weighted by atomic mass is 15.3. The van der Waals surface area contributed by atoms with Gasteiger partial charge in [-0.25, -0.2) is 0 Å². The monoisotopic (exact) mass is 250 g/mol. The molecule has 1 atom stereocenters. The summed E-state index contributed by atoms with van der Waals surface area (Å²) in [5, 5.41) is 7.88. The molecule has 102 valence electrons. The van der Waals surface area contributed by atoms with Crippen molar-refractivity contribution in [1.29, 1.82) is 0 Å². The van der Waals surface area contributed by atoms with Crippen molar-refractivity contribution < 1.29 is 0 Å². The van der Waals surface area contributed by atoms with Gasteiger partial charge in [0.05, 0.1) is 6.20 Å². The largest absolute Gasteiger partial charge is 0.317 e. The van der Waals surface area contributed by atoms with Gasteiger partial charge in [0.25, 0.3) is 0 Å². The van der Waals surface area contributed by atoms with Crippen molar-refractivity contribution in [1.82, 2.24) is 20.0 Å². The van der Waals surface area contributed by atoms with Crippen LogP contribution in [0, 0.1) is 0 Å². The van der Waals surface area contributed by atoms with Gasteiger partial charge >= 0.3 is 0 Å². The van der Waals surface area contributed by atoms with Gasteiger partial charge < -0.3 is 5.32 Å². The van der Waals surface area contributed by atoms with E-state index in [9.17, 15) is 0 Å². The van der Waals surface area contributed by atoms with E-state index in [-0.39, 0.29) is 0 Å². The zero-order valence-electron chi connectivity index (χ0n) is 11.9. The third kappa shape index (κ3) is 3.56. The van der Waals surface area contributed by atoms with Crippen LogP contribution < -0.4 is 5.32 Å². The molecule has 1 saturated heterocycles. The van der Waals surface area contributed by atoms with Gasteiger partial charge in [0, 0.05) is 30.4 Å². The molecule has 0 bridgehead atoms. The lowest BCUT2D eigenvalue weighted by Gasteiger charge is -2.26. The fourth-order valence-corrected chi connectivity index (χ4v) is 2.60. The standard InChI is InChI=1S/C14H26N4/c1-12(2)18-11-13(9-16-18)10-17(3)14-5-4-7-15-8-6-14/h9,11-12,14-15H,4-8,10H2,1-3H3. The Morgan fingerprint density at radius 2 is 2.28 bits per heavy atom. The predicted octanol–water partition coefficient (Wildman–Crippen LogP) is 2.04. The summed E-state index contributed by atoms with van der Waals surface area (Å²) in [7, 11) is 2.24. The maximum Gasteiger partial charge on any atom is 0.0534 e. The van der Waals surface area contributed by atoms with E-state index in [1.54, 1.807) is 0 Å². The Morgan fingerprint density at radius 3 is 3.00 bits per heavy atom. The molecule has 2 heterocycles. The van der Waals surface area contributed by atoms with E-state index in [0.717, 1.165) is 13.1 Å². The lowest BCUT2D eigenvalue weighted by atomic mass is 10.1. The molecule has 18 heavy (non-hydrogen) atoms. The van der Waals surface area contributed by atoms with Gasteiger partial charge in [-0.3, -0.25) is 9.58 Å². The number of hydrogen-bond donors (Lipinski definition) is 1. The van der Waals surface area contributed by atoms with Crippen molar-refractivity contribution in [2.24, 2.45) is 0 Å². The predicted molar refractivity (Wildman–Crippen MR) is 74.6 cm³/mol. The van der Waals surface area contributed by atoms with Crippen LogP contribution in [0.4, 0.5) is 0 Å². The molecule has 0 saturated carbocycles. The molecule has 1 unspecified atom stereocenters. The highest BCUT2D eigenvalue weighted by molar-refractivity contribution is 5.04. The first kappa shape index (κ1) is 13.6. The summed E-state index contributed by atoms with van der Waals surface area (Å²) in [5.41, 5.74) is 1.32. The second-order valence-corrected chi connectivity index (χ2v) is 5.67. The first-order valence-corrected chi connectivity index (χ1v) is 7.11. The van der Waals surface area contributed by atoms with Crippen LogP contribution in [-0.2, 0) is 6.54 Å².